The largest absolute Gasteiger partial charge is 0.496 e. The Morgan fingerprint density at radius 3 is 2.55 bits per heavy atom. The number of anilines is 1. The Labute approximate surface area is 247 Å². The number of methoxy groups -OCH3 is 1. The standard InChI is InChI=1S/C31H29ClFN5O4/c1-36-29(38-11-10-28(39)35-31(38)40)14-34-30(36)23-12-20-16-37(17-21(20)13-27(23)41-2)15-19-6-8-22(9-7-19)42-18-24-25(32)4-3-5-26(24)33/h3-9,12-14H,10-11,15-18H2,1-2H3,(H,35,39,40). The van der Waals surface area contributed by atoms with E-state index >= 15 is 0 Å². The van der Waals surface area contributed by atoms with E-state index in [-0.39, 0.29) is 24.8 Å². The van der Waals surface area contributed by atoms with Crippen LogP contribution >= 0.6 is 11.6 Å². The van der Waals surface area contributed by atoms with Crippen LogP contribution in [0.5, 0.6) is 11.5 Å². The lowest BCUT2D eigenvalue weighted by atomic mass is 10.0. The second-order valence-corrected chi connectivity index (χ2v) is 10.8. The summed E-state index contributed by atoms with van der Waals surface area (Å²) >= 11 is 6.10. The smallest absolute Gasteiger partial charge is 0.329 e. The van der Waals surface area contributed by atoms with Gasteiger partial charge >= 0.3 is 6.03 Å². The summed E-state index contributed by atoms with van der Waals surface area (Å²) in [6.07, 6.45) is 1.88. The van der Waals surface area contributed by atoms with Crippen molar-refractivity contribution in [2.24, 2.45) is 7.05 Å². The van der Waals surface area contributed by atoms with Gasteiger partial charge in [-0.3, -0.25) is 19.9 Å². The van der Waals surface area contributed by atoms with Gasteiger partial charge in [0.2, 0.25) is 5.91 Å². The lowest BCUT2D eigenvalue weighted by molar-refractivity contribution is -0.120. The van der Waals surface area contributed by atoms with E-state index in [1.54, 1.807) is 25.4 Å². The summed E-state index contributed by atoms with van der Waals surface area (Å²) < 4.78 is 27.4. The SMILES string of the molecule is COc1cc2c(cc1-c1ncc(N3CCC(=O)NC3=O)n1C)CN(Cc1ccc(OCc3c(F)cccc3Cl)cc1)C2. The molecule has 0 radical (unpaired) electrons. The molecule has 0 bridgehead atoms. The van der Waals surface area contributed by atoms with Crippen LogP contribution in [-0.2, 0) is 38.1 Å². The molecule has 0 saturated carbocycles. The number of aromatic nitrogens is 2. The normalized spacial score (nSPS) is 15.1. The van der Waals surface area contributed by atoms with Gasteiger partial charge in [0.05, 0.1) is 23.9 Å². The predicted molar refractivity (Wildman–Crippen MR) is 156 cm³/mol. The Morgan fingerprint density at radius 1 is 1.07 bits per heavy atom. The molecule has 0 spiro atoms. The molecule has 0 aliphatic carbocycles. The lowest BCUT2D eigenvalue weighted by Gasteiger charge is -2.26. The van der Waals surface area contributed by atoms with Crippen molar-refractivity contribution in [3.8, 4) is 22.9 Å². The fourth-order valence-electron chi connectivity index (χ4n) is 5.41. The minimum Gasteiger partial charge on any atom is -0.496 e. The number of ether oxygens (including phenoxy) is 2. The van der Waals surface area contributed by atoms with Gasteiger partial charge < -0.3 is 14.0 Å². The van der Waals surface area contributed by atoms with Crippen LogP contribution in [0.2, 0.25) is 5.02 Å². The highest BCUT2D eigenvalue weighted by Gasteiger charge is 2.29. The third-order valence-corrected chi connectivity index (χ3v) is 7.97. The van der Waals surface area contributed by atoms with Crippen molar-refractivity contribution >= 4 is 29.4 Å². The molecule has 3 aromatic carbocycles. The Morgan fingerprint density at radius 2 is 1.83 bits per heavy atom. The number of hydrogen-bond acceptors (Lipinski definition) is 6. The quantitative estimate of drug-likeness (QED) is 0.295. The predicted octanol–water partition coefficient (Wildman–Crippen LogP) is 5.43. The first kappa shape index (κ1) is 27.7. The topological polar surface area (TPSA) is 88.9 Å². The number of fused-ring (bicyclic) bond motifs is 1. The van der Waals surface area contributed by atoms with E-state index in [1.165, 1.54) is 22.1 Å². The number of carbonyl (C=O) groups excluding carboxylic acids is 2. The van der Waals surface area contributed by atoms with Crippen LogP contribution < -0.4 is 19.7 Å². The van der Waals surface area contributed by atoms with E-state index < -0.39 is 6.03 Å². The molecule has 6 rings (SSSR count). The van der Waals surface area contributed by atoms with Gasteiger partial charge in [-0.15, -0.1) is 0 Å². The Bertz CT molecular complexity index is 1650. The van der Waals surface area contributed by atoms with Crippen molar-refractivity contribution in [2.75, 3.05) is 18.6 Å². The van der Waals surface area contributed by atoms with E-state index in [2.05, 4.69) is 27.3 Å². The number of imide groups is 1. The Balaban J connectivity index is 1.14. The van der Waals surface area contributed by atoms with Crippen molar-refractivity contribution in [1.29, 1.82) is 0 Å². The first-order valence-electron chi connectivity index (χ1n) is 13.5. The highest BCUT2D eigenvalue weighted by molar-refractivity contribution is 6.31. The molecule has 216 valence electrons. The first-order valence-corrected chi connectivity index (χ1v) is 13.9. The second kappa shape index (κ2) is 11.5. The van der Waals surface area contributed by atoms with Gasteiger partial charge in [0, 0.05) is 45.2 Å². The average molecular weight is 590 g/mol. The van der Waals surface area contributed by atoms with Gasteiger partial charge in [0.1, 0.15) is 35.6 Å². The van der Waals surface area contributed by atoms with E-state index in [4.69, 9.17) is 21.1 Å². The van der Waals surface area contributed by atoms with Crippen LogP contribution in [0.25, 0.3) is 11.4 Å². The highest BCUT2D eigenvalue weighted by atomic mass is 35.5. The number of hydrogen-bond donors (Lipinski definition) is 1. The summed E-state index contributed by atoms with van der Waals surface area (Å²) in [5.41, 5.74) is 4.65. The number of amides is 3. The number of benzene rings is 3. The maximum Gasteiger partial charge on any atom is 0.329 e. The van der Waals surface area contributed by atoms with Crippen LogP contribution in [0.3, 0.4) is 0 Å². The second-order valence-electron chi connectivity index (χ2n) is 10.4. The monoisotopic (exact) mass is 589 g/mol. The maximum absolute atomic E-state index is 14.0. The van der Waals surface area contributed by atoms with E-state index in [1.807, 2.05) is 35.9 Å². The lowest BCUT2D eigenvalue weighted by Crippen LogP contribution is -2.50. The fraction of sp³-hybridized carbons (Fsp3) is 0.258. The molecule has 2 aliphatic heterocycles. The maximum atomic E-state index is 14.0. The zero-order valence-corrected chi connectivity index (χ0v) is 23.9. The summed E-state index contributed by atoms with van der Waals surface area (Å²) in [6, 6.07) is 16.1. The average Bonchev–Trinajstić information content (AvgIpc) is 3.54. The number of nitrogens with zero attached hydrogens (tertiary/aromatic N) is 4. The first-order chi connectivity index (χ1) is 20.3. The molecule has 0 atom stereocenters. The molecule has 3 amide bonds. The molecule has 0 unspecified atom stereocenters. The number of nitrogens with one attached hydrogen (secondary N) is 1. The third-order valence-electron chi connectivity index (χ3n) is 7.62. The van der Waals surface area contributed by atoms with Gasteiger partial charge in [0.15, 0.2) is 0 Å². The summed E-state index contributed by atoms with van der Waals surface area (Å²) in [4.78, 5) is 32.4. The van der Waals surface area contributed by atoms with Crippen molar-refractivity contribution in [3.05, 3.63) is 93.9 Å². The summed E-state index contributed by atoms with van der Waals surface area (Å²) in [5, 5.41) is 2.70. The van der Waals surface area contributed by atoms with Gasteiger partial charge in [-0.25, -0.2) is 14.2 Å². The molecule has 1 N–H and O–H groups in total. The van der Waals surface area contributed by atoms with E-state index in [0.29, 0.717) is 40.3 Å². The number of halogens is 2. The molecule has 4 aromatic rings. The van der Waals surface area contributed by atoms with E-state index in [0.717, 1.165) is 30.8 Å². The molecule has 9 nitrogen and oxygen atoms in total. The number of rotatable bonds is 8. The molecule has 2 aliphatic rings. The van der Waals surface area contributed by atoms with Crippen LogP contribution in [0, 0.1) is 5.82 Å². The molecule has 1 saturated heterocycles. The highest BCUT2D eigenvalue weighted by Crippen LogP contribution is 2.37. The minimum absolute atomic E-state index is 0.0544. The van der Waals surface area contributed by atoms with Crippen LogP contribution in [0.4, 0.5) is 15.0 Å². The van der Waals surface area contributed by atoms with Crippen molar-refractivity contribution < 1.29 is 23.5 Å². The molecular formula is C31H29ClFN5O4. The van der Waals surface area contributed by atoms with Gasteiger partial charge in [-0.2, -0.15) is 0 Å². The van der Waals surface area contributed by atoms with Crippen molar-refractivity contribution in [2.45, 2.75) is 32.7 Å². The van der Waals surface area contributed by atoms with E-state index in [9.17, 15) is 14.0 Å². The zero-order valence-electron chi connectivity index (χ0n) is 23.2. The van der Waals surface area contributed by atoms with Crippen LogP contribution in [0.15, 0.2) is 60.8 Å². The minimum atomic E-state index is -0.452. The molecule has 11 heteroatoms. The van der Waals surface area contributed by atoms with Gasteiger partial charge in [-0.05, 0) is 53.1 Å². The van der Waals surface area contributed by atoms with Gasteiger partial charge in [-0.1, -0.05) is 29.8 Å². The third kappa shape index (κ3) is 5.43. The van der Waals surface area contributed by atoms with Gasteiger partial charge in [0.25, 0.3) is 0 Å². The Hall–Kier alpha value is -4.41. The van der Waals surface area contributed by atoms with Crippen LogP contribution in [0.1, 0.15) is 28.7 Å². The number of imidazole rings is 1. The molecule has 1 fully saturated rings. The summed E-state index contributed by atoms with van der Waals surface area (Å²) in [7, 11) is 3.48. The number of carbonyl (C=O) groups is 2. The molecular weight excluding hydrogens is 561 g/mol. The molecule has 42 heavy (non-hydrogen) atoms. The Kier molecular flexibility index (Phi) is 7.57. The summed E-state index contributed by atoms with van der Waals surface area (Å²) in [5.74, 6) is 1.94. The van der Waals surface area contributed by atoms with Crippen molar-refractivity contribution in [1.82, 2.24) is 19.8 Å². The summed E-state index contributed by atoms with van der Waals surface area (Å²) in [6.45, 7) is 2.61. The molecule has 3 heterocycles. The fourth-order valence-corrected chi connectivity index (χ4v) is 5.63. The zero-order chi connectivity index (χ0) is 29.4. The van der Waals surface area contributed by atoms with Crippen molar-refractivity contribution in [3.63, 3.8) is 0 Å². The van der Waals surface area contributed by atoms with Crippen LogP contribution in [-0.4, -0.2) is 40.0 Å². The number of urea groups is 1. The molecule has 1 aromatic heterocycles.